The number of thiazole rings is 1. The SMILES string of the molecule is C=CC(=C)OCCCCCCOc1ccc2c(OC(=O)c3ccc(OCCCCCCOC(=O)C=C)cc3)cc(/C=N/Nc3nc4ccccc4s3)c(OC(=O)c3ccc(OCCCCCCOC(=O)C=C)cc3)c2c1. The predicted octanol–water partition coefficient (Wildman–Crippen LogP) is 13.3. The minimum Gasteiger partial charge on any atom is -0.494 e. The van der Waals surface area contributed by atoms with Crippen LogP contribution >= 0.6 is 11.3 Å². The van der Waals surface area contributed by atoms with Crippen molar-refractivity contribution in [1.29, 1.82) is 0 Å². The molecule has 398 valence electrons. The molecule has 16 heteroatoms. The molecule has 0 aliphatic carbocycles. The van der Waals surface area contributed by atoms with Crippen molar-refractivity contribution in [3.8, 4) is 28.7 Å². The number of hydrogen-bond acceptors (Lipinski definition) is 16. The number of unbranched alkanes of at least 4 members (excludes halogenated alkanes) is 9. The van der Waals surface area contributed by atoms with Crippen molar-refractivity contribution in [3.05, 3.63) is 164 Å². The fourth-order valence-electron chi connectivity index (χ4n) is 7.48. The Bertz CT molecular complexity index is 2900. The number of allylic oxidation sites excluding steroid dienone is 1. The summed E-state index contributed by atoms with van der Waals surface area (Å²) >= 11 is 1.43. The first-order valence-corrected chi connectivity index (χ1v) is 26.3. The van der Waals surface area contributed by atoms with Crippen molar-refractivity contribution in [3.63, 3.8) is 0 Å². The van der Waals surface area contributed by atoms with Crippen LogP contribution in [0.1, 0.15) is 103 Å². The van der Waals surface area contributed by atoms with Crippen LogP contribution in [0.5, 0.6) is 28.7 Å². The number of hydrogen-bond donors (Lipinski definition) is 1. The monoisotopic (exact) mass is 1050 g/mol. The van der Waals surface area contributed by atoms with Crippen LogP contribution in [0.15, 0.2) is 152 Å². The van der Waals surface area contributed by atoms with Crippen molar-refractivity contribution >= 4 is 67.5 Å². The summed E-state index contributed by atoms with van der Waals surface area (Å²) in [6.45, 7) is 16.9. The van der Waals surface area contributed by atoms with Crippen molar-refractivity contribution in [2.24, 2.45) is 5.10 Å². The Hall–Kier alpha value is -8.24. The molecule has 1 N–H and O–H groups in total. The summed E-state index contributed by atoms with van der Waals surface area (Å²) in [7, 11) is 0. The molecular formula is C60H65N3O12S. The number of fused-ring (bicyclic) bond motifs is 2. The maximum absolute atomic E-state index is 14.1. The van der Waals surface area contributed by atoms with Gasteiger partial charge in [-0.25, -0.2) is 24.2 Å². The molecule has 0 aliphatic rings. The summed E-state index contributed by atoms with van der Waals surface area (Å²) in [6, 6.07) is 28.0. The number of benzene rings is 5. The molecule has 15 nitrogen and oxygen atoms in total. The summed E-state index contributed by atoms with van der Waals surface area (Å²) in [5, 5.41) is 5.97. The number of carbonyl (C=O) groups excluding carboxylic acids is 4. The maximum Gasteiger partial charge on any atom is 0.343 e. The fourth-order valence-corrected chi connectivity index (χ4v) is 8.30. The summed E-state index contributed by atoms with van der Waals surface area (Å²) in [6.07, 6.45) is 15.5. The van der Waals surface area contributed by atoms with Gasteiger partial charge < -0.3 is 37.9 Å². The number of nitrogens with one attached hydrogen (secondary N) is 1. The number of carbonyl (C=O) groups is 4. The molecule has 76 heavy (non-hydrogen) atoms. The van der Waals surface area contributed by atoms with Crippen LogP contribution in [0.4, 0.5) is 5.13 Å². The van der Waals surface area contributed by atoms with E-state index in [9.17, 15) is 19.2 Å². The molecule has 0 amide bonds. The Morgan fingerprint density at radius 1 is 0.539 bits per heavy atom. The van der Waals surface area contributed by atoms with Crippen molar-refractivity contribution in [2.45, 2.75) is 77.0 Å². The zero-order chi connectivity index (χ0) is 53.7. The normalized spacial score (nSPS) is 10.9. The Labute approximate surface area is 447 Å². The lowest BCUT2D eigenvalue weighted by Crippen LogP contribution is -2.12. The minimum atomic E-state index is -0.649. The number of esters is 4. The zero-order valence-corrected chi connectivity index (χ0v) is 43.6. The van der Waals surface area contributed by atoms with Gasteiger partial charge in [-0.2, -0.15) is 5.10 Å². The molecule has 0 unspecified atom stereocenters. The van der Waals surface area contributed by atoms with E-state index in [1.807, 2.05) is 24.3 Å². The molecule has 6 aromatic rings. The number of hydrazone groups is 1. The van der Waals surface area contributed by atoms with E-state index in [-0.39, 0.29) is 22.6 Å². The van der Waals surface area contributed by atoms with Gasteiger partial charge in [-0.1, -0.05) is 49.8 Å². The van der Waals surface area contributed by atoms with Gasteiger partial charge in [0.25, 0.3) is 0 Å². The summed E-state index contributed by atoms with van der Waals surface area (Å²) < 4.78 is 47.1. The maximum atomic E-state index is 14.1. The Kier molecular flexibility index (Phi) is 23.6. The van der Waals surface area contributed by atoms with E-state index in [1.165, 1.54) is 17.6 Å². The fraction of sp³-hybridized carbons (Fsp3) is 0.300. The molecule has 1 aromatic heterocycles. The van der Waals surface area contributed by atoms with Gasteiger partial charge in [-0.15, -0.1) is 0 Å². The highest BCUT2D eigenvalue weighted by Gasteiger charge is 2.21. The van der Waals surface area contributed by atoms with E-state index in [0.717, 1.165) is 99.4 Å². The third-order valence-electron chi connectivity index (χ3n) is 11.5. The molecule has 5 aromatic carbocycles. The second-order valence-corrected chi connectivity index (χ2v) is 18.3. The lowest BCUT2D eigenvalue weighted by atomic mass is 10.0. The van der Waals surface area contributed by atoms with E-state index in [4.69, 9.17) is 37.9 Å². The van der Waals surface area contributed by atoms with Crippen LogP contribution in [-0.2, 0) is 23.8 Å². The zero-order valence-electron chi connectivity index (χ0n) is 42.8. The highest BCUT2D eigenvalue weighted by Crippen LogP contribution is 2.40. The summed E-state index contributed by atoms with van der Waals surface area (Å²) in [5.41, 5.74) is 4.69. The highest BCUT2D eigenvalue weighted by molar-refractivity contribution is 7.22. The quantitative estimate of drug-likeness (QED) is 0.00580. The van der Waals surface area contributed by atoms with Gasteiger partial charge in [0.05, 0.1) is 67.2 Å². The molecule has 0 saturated carbocycles. The van der Waals surface area contributed by atoms with Crippen molar-refractivity contribution in [2.75, 3.05) is 45.1 Å². The first-order chi connectivity index (χ1) is 37.1. The average Bonchev–Trinajstić information content (AvgIpc) is 3.86. The number of aromatic nitrogens is 1. The smallest absolute Gasteiger partial charge is 0.343 e. The average molecular weight is 1050 g/mol. The first-order valence-electron chi connectivity index (χ1n) is 25.4. The van der Waals surface area contributed by atoms with Gasteiger partial charge in [0.15, 0.2) is 0 Å². The second-order valence-electron chi connectivity index (χ2n) is 17.2. The number of anilines is 1. The van der Waals surface area contributed by atoms with Crippen molar-refractivity contribution < 1.29 is 57.1 Å². The van der Waals surface area contributed by atoms with Crippen LogP contribution in [0.2, 0.25) is 0 Å². The summed E-state index contributed by atoms with van der Waals surface area (Å²) in [4.78, 5) is 55.2. The lowest BCUT2D eigenvalue weighted by molar-refractivity contribution is -0.138. The van der Waals surface area contributed by atoms with E-state index < -0.39 is 23.9 Å². The van der Waals surface area contributed by atoms with Crippen molar-refractivity contribution in [1.82, 2.24) is 4.98 Å². The van der Waals surface area contributed by atoms with Crippen LogP contribution in [0.3, 0.4) is 0 Å². The van der Waals surface area contributed by atoms with Gasteiger partial charge in [0.2, 0.25) is 5.13 Å². The lowest BCUT2D eigenvalue weighted by Gasteiger charge is -2.16. The third kappa shape index (κ3) is 18.9. The van der Waals surface area contributed by atoms with E-state index in [2.05, 4.69) is 41.8 Å². The highest BCUT2D eigenvalue weighted by atomic mass is 32.1. The van der Waals surface area contributed by atoms with E-state index >= 15 is 0 Å². The number of ether oxygens (including phenoxy) is 8. The van der Waals surface area contributed by atoms with E-state index in [0.29, 0.717) is 84.1 Å². The molecule has 0 spiro atoms. The van der Waals surface area contributed by atoms with E-state index in [1.54, 1.807) is 78.9 Å². The second kappa shape index (κ2) is 31.5. The minimum absolute atomic E-state index is 0.151. The summed E-state index contributed by atoms with van der Waals surface area (Å²) in [5.74, 6) is 0.459. The number of para-hydroxylation sites is 1. The van der Waals surface area contributed by atoms with Crippen LogP contribution in [0.25, 0.3) is 21.0 Å². The number of nitrogens with zero attached hydrogens (tertiary/aromatic N) is 2. The predicted molar refractivity (Wildman–Crippen MR) is 297 cm³/mol. The molecule has 0 radical (unpaired) electrons. The molecule has 6 rings (SSSR count). The topological polar surface area (TPSA) is 179 Å². The van der Waals surface area contributed by atoms with Gasteiger partial charge in [0, 0.05) is 28.5 Å². The van der Waals surface area contributed by atoms with Crippen LogP contribution in [-0.4, -0.2) is 74.7 Å². The Morgan fingerprint density at radius 2 is 1.04 bits per heavy atom. The molecule has 0 bridgehead atoms. The van der Waals surface area contributed by atoms with Gasteiger partial charge in [-0.3, -0.25) is 5.43 Å². The molecule has 0 saturated heterocycles. The molecule has 0 aliphatic heterocycles. The third-order valence-corrected chi connectivity index (χ3v) is 12.5. The molecule has 1 heterocycles. The molecule has 0 atom stereocenters. The first kappa shape index (κ1) is 57.0. The van der Waals surface area contributed by atoms with Crippen LogP contribution in [0, 0.1) is 0 Å². The molecule has 0 fully saturated rings. The molecular weight excluding hydrogens is 987 g/mol. The Balaban J connectivity index is 1.21. The standard InChI is InChI=1S/C60H65N3O12S/c1-5-43(4)68-34-16-8-9-19-37-71-49-32-33-50-51(41-49)57(75-59(67)45-26-30-48(31-27-45)70-36-18-11-13-21-39-73-56(65)7-3)46(42-61-63-60-62-52-22-14-15-23-54(52)76-60)40-53(50)74-58(66)44-24-28-47(29-25-44)69-35-17-10-12-20-38-72-55(64)6-2/h5-7,14-15,22-33,40-42H,1-4,8-13,16-21,34-39H2,(H,62,63)/b61-42+. The largest absolute Gasteiger partial charge is 0.494 e. The van der Waals surface area contributed by atoms with Gasteiger partial charge in [0.1, 0.15) is 34.5 Å². The number of rotatable bonds is 35. The Morgan fingerprint density at radius 3 is 1.58 bits per heavy atom. The van der Waals surface area contributed by atoms with Crippen LogP contribution < -0.4 is 29.1 Å². The van der Waals surface area contributed by atoms with Gasteiger partial charge in [-0.05, 0) is 168 Å². The van der Waals surface area contributed by atoms with Gasteiger partial charge >= 0.3 is 23.9 Å².